The molecule has 0 aliphatic rings. The number of aromatic nitrogens is 1. The fourth-order valence-electron chi connectivity index (χ4n) is 1.84. The quantitative estimate of drug-likeness (QED) is 0.763. The van der Waals surface area contributed by atoms with Gasteiger partial charge in [-0.25, -0.2) is 9.78 Å². The lowest BCUT2D eigenvalue weighted by Crippen LogP contribution is -2.07. The van der Waals surface area contributed by atoms with Gasteiger partial charge in [-0.05, 0) is 31.5 Å². The molecule has 1 heterocycles. The number of carbonyl (C=O) groups excluding carboxylic acids is 1. The maximum absolute atomic E-state index is 12.0. The Labute approximate surface area is 133 Å². The summed E-state index contributed by atoms with van der Waals surface area (Å²) in [5, 5.41) is 11.3. The largest absolute Gasteiger partial charge is 0.456 e. The van der Waals surface area contributed by atoms with E-state index in [0.29, 0.717) is 12.2 Å². The van der Waals surface area contributed by atoms with E-state index in [1.165, 1.54) is 11.3 Å². The number of hydrogen-bond acceptors (Lipinski definition) is 6. The van der Waals surface area contributed by atoms with Crippen molar-refractivity contribution in [2.45, 2.75) is 26.6 Å². The van der Waals surface area contributed by atoms with Crippen LogP contribution in [0.1, 0.15) is 46.6 Å². The van der Waals surface area contributed by atoms with Crippen molar-refractivity contribution in [1.82, 2.24) is 4.98 Å². The van der Waals surface area contributed by atoms with Gasteiger partial charge in [0, 0.05) is 12.0 Å². The lowest BCUT2D eigenvalue weighted by atomic mass is 10.1. The van der Waals surface area contributed by atoms with Crippen LogP contribution >= 0.6 is 11.3 Å². The Balaban J connectivity index is 1.96. The Morgan fingerprint density at radius 2 is 2.32 bits per heavy atom. The highest BCUT2D eigenvalue weighted by molar-refractivity contribution is 7.09. The maximum Gasteiger partial charge on any atom is 0.358 e. The van der Waals surface area contributed by atoms with E-state index < -0.39 is 5.97 Å². The standard InChI is InChI=1S/C16H16N2O3S/c1-3-20-11(2)15-18-14(10-22-15)16(19)21-9-13-6-4-5-12(7-13)8-17/h4-7,10-11H,3,9H2,1-2H3. The van der Waals surface area contributed by atoms with Gasteiger partial charge in [-0.1, -0.05) is 12.1 Å². The number of ether oxygens (including phenoxy) is 2. The van der Waals surface area contributed by atoms with Crippen LogP contribution in [0.5, 0.6) is 0 Å². The molecule has 0 spiro atoms. The molecule has 0 N–H and O–H groups in total. The molecule has 1 aromatic carbocycles. The van der Waals surface area contributed by atoms with Crippen LogP contribution in [0.3, 0.4) is 0 Å². The molecule has 0 radical (unpaired) electrons. The van der Waals surface area contributed by atoms with Gasteiger partial charge in [0.15, 0.2) is 5.69 Å². The molecule has 0 saturated heterocycles. The molecule has 114 valence electrons. The fraction of sp³-hybridized carbons (Fsp3) is 0.312. The predicted octanol–water partition coefficient (Wildman–Crippen LogP) is 3.47. The second-order valence-corrected chi connectivity index (χ2v) is 5.45. The topological polar surface area (TPSA) is 72.2 Å². The molecule has 0 saturated carbocycles. The van der Waals surface area contributed by atoms with Gasteiger partial charge in [0.2, 0.25) is 0 Å². The second kappa shape index (κ2) is 7.69. The van der Waals surface area contributed by atoms with Crippen LogP contribution in [-0.4, -0.2) is 17.6 Å². The number of hydrogen-bond donors (Lipinski definition) is 0. The summed E-state index contributed by atoms with van der Waals surface area (Å²) in [6, 6.07) is 9.00. The van der Waals surface area contributed by atoms with Gasteiger partial charge < -0.3 is 9.47 Å². The first kappa shape index (κ1) is 16.1. The minimum atomic E-state index is -0.478. The van der Waals surface area contributed by atoms with Crippen LogP contribution in [0, 0.1) is 11.3 Å². The van der Waals surface area contributed by atoms with E-state index in [9.17, 15) is 4.79 Å². The van der Waals surface area contributed by atoms with E-state index in [1.807, 2.05) is 19.9 Å². The van der Waals surface area contributed by atoms with Crippen molar-refractivity contribution < 1.29 is 14.3 Å². The summed E-state index contributed by atoms with van der Waals surface area (Å²) >= 11 is 1.37. The van der Waals surface area contributed by atoms with Gasteiger partial charge in [-0.3, -0.25) is 0 Å². The van der Waals surface area contributed by atoms with Crippen LogP contribution in [0.2, 0.25) is 0 Å². The summed E-state index contributed by atoms with van der Waals surface area (Å²) in [6.45, 7) is 4.51. The van der Waals surface area contributed by atoms with E-state index in [1.54, 1.807) is 29.6 Å². The molecule has 0 fully saturated rings. The Hall–Kier alpha value is -2.23. The van der Waals surface area contributed by atoms with Crippen LogP contribution < -0.4 is 0 Å². The minimum Gasteiger partial charge on any atom is -0.456 e. The third-order valence-corrected chi connectivity index (χ3v) is 3.93. The summed E-state index contributed by atoms with van der Waals surface area (Å²) in [4.78, 5) is 16.2. The Morgan fingerprint density at radius 1 is 1.50 bits per heavy atom. The van der Waals surface area contributed by atoms with Crippen molar-refractivity contribution in [1.29, 1.82) is 5.26 Å². The van der Waals surface area contributed by atoms with Gasteiger partial charge in [0.25, 0.3) is 0 Å². The summed E-state index contributed by atoms with van der Waals surface area (Å²) < 4.78 is 10.7. The van der Waals surface area contributed by atoms with Gasteiger partial charge in [0.05, 0.1) is 11.6 Å². The number of rotatable bonds is 6. The molecule has 1 atom stereocenters. The van der Waals surface area contributed by atoms with E-state index in [2.05, 4.69) is 4.98 Å². The first-order valence-electron chi connectivity index (χ1n) is 6.87. The lowest BCUT2D eigenvalue weighted by molar-refractivity contribution is 0.0464. The molecule has 5 nitrogen and oxygen atoms in total. The monoisotopic (exact) mass is 316 g/mol. The molecule has 2 rings (SSSR count). The fourth-order valence-corrected chi connectivity index (χ4v) is 2.63. The van der Waals surface area contributed by atoms with Crippen molar-refractivity contribution in [2.24, 2.45) is 0 Å². The molecular formula is C16H16N2O3S. The lowest BCUT2D eigenvalue weighted by Gasteiger charge is -2.07. The molecule has 2 aromatic rings. The molecule has 1 unspecified atom stereocenters. The molecule has 0 aliphatic carbocycles. The van der Waals surface area contributed by atoms with Crippen LogP contribution in [0.4, 0.5) is 0 Å². The number of nitriles is 1. The normalized spacial score (nSPS) is 11.7. The summed E-state index contributed by atoms with van der Waals surface area (Å²) in [5.41, 5.74) is 1.59. The molecule has 0 bridgehead atoms. The Bertz CT molecular complexity index is 691. The van der Waals surface area contributed by atoms with Gasteiger partial charge in [-0.2, -0.15) is 5.26 Å². The molecule has 0 amide bonds. The number of nitrogens with zero attached hydrogens (tertiary/aromatic N) is 2. The van der Waals surface area contributed by atoms with Crippen LogP contribution in [0.25, 0.3) is 0 Å². The van der Waals surface area contributed by atoms with Gasteiger partial charge in [0.1, 0.15) is 17.7 Å². The third-order valence-electron chi connectivity index (χ3n) is 2.92. The van der Waals surface area contributed by atoms with Crippen molar-refractivity contribution in [3.8, 4) is 6.07 Å². The van der Waals surface area contributed by atoms with E-state index in [-0.39, 0.29) is 18.4 Å². The number of thiazole rings is 1. The third kappa shape index (κ3) is 4.13. The maximum atomic E-state index is 12.0. The van der Waals surface area contributed by atoms with Gasteiger partial charge >= 0.3 is 5.97 Å². The molecule has 1 aromatic heterocycles. The molecular weight excluding hydrogens is 300 g/mol. The van der Waals surface area contributed by atoms with E-state index in [0.717, 1.165) is 10.6 Å². The van der Waals surface area contributed by atoms with Crippen molar-refractivity contribution in [3.63, 3.8) is 0 Å². The SMILES string of the molecule is CCOC(C)c1nc(C(=O)OCc2cccc(C#N)c2)cs1. The molecule has 22 heavy (non-hydrogen) atoms. The van der Waals surface area contributed by atoms with Crippen LogP contribution in [0.15, 0.2) is 29.6 Å². The second-order valence-electron chi connectivity index (χ2n) is 4.56. The van der Waals surface area contributed by atoms with E-state index in [4.69, 9.17) is 14.7 Å². The highest BCUT2D eigenvalue weighted by Crippen LogP contribution is 2.21. The zero-order valence-corrected chi connectivity index (χ0v) is 13.2. The summed E-state index contributed by atoms with van der Waals surface area (Å²) in [6.07, 6.45) is -0.135. The first-order chi connectivity index (χ1) is 10.6. The number of carbonyl (C=O) groups is 1. The van der Waals surface area contributed by atoms with Gasteiger partial charge in [-0.15, -0.1) is 11.3 Å². The average molecular weight is 316 g/mol. The number of benzene rings is 1. The van der Waals surface area contributed by atoms with E-state index >= 15 is 0 Å². The minimum absolute atomic E-state index is 0.113. The zero-order chi connectivity index (χ0) is 15.9. The van der Waals surface area contributed by atoms with Crippen molar-refractivity contribution in [2.75, 3.05) is 6.61 Å². The van der Waals surface area contributed by atoms with Crippen LogP contribution in [-0.2, 0) is 16.1 Å². The summed E-state index contributed by atoms with van der Waals surface area (Å²) in [7, 11) is 0. The Kier molecular flexibility index (Phi) is 5.64. The highest BCUT2D eigenvalue weighted by atomic mass is 32.1. The Morgan fingerprint density at radius 3 is 3.05 bits per heavy atom. The summed E-state index contributed by atoms with van der Waals surface area (Å²) in [5.74, 6) is -0.478. The number of esters is 1. The smallest absolute Gasteiger partial charge is 0.358 e. The highest BCUT2D eigenvalue weighted by Gasteiger charge is 2.16. The zero-order valence-electron chi connectivity index (χ0n) is 12.4. The predicted molar refractivity (Wildman–Crippen MR) is 82.4 cm³/mol. The molecule has 0 aliphatic heterocycles. The van der Waals surface area contributed by atoms with Crippen molar-refractivity contribution >= 4 is 17.3 Å². The average Bonchev–Trinajstić information content (AvgIpc) is 3.03. The first-order valence-corrected chi connectivity index (χ1v) is 7.75. The molecule has 6 heteroatoms. The van der Waals surface area contributed by atoms with Crippen molar-refractivity contribution in [3.05, 3.63) is 51.5 Å².